The van der Waals surface area contributed by atoms with Gasteiger partial charge in [-0.3, -0.25) is 19.6 Å². The lowest BCUT2D eigenvalue weighted by Crippen LogP contribution is -2.16. The molecule has 3 N–H and O–H groups in total. The molecule has 168 valence electrons. The summed E-state index contributed by atoms with van der Waals surface area (Å²) in [5, 5.41) is 21.4. The first-order valence-corrected chi connectivity index (χ1v) is 12.1. The minimum atomic E-state index is -4.40. The Hall–Kier alpha value is -3.35. The van der Waals surface area contributed by atoms with Crippen LogP contribution in [0.4, 0.5) is 17.1 Å². The number of nitro benzene ring substituents is 1. The summed E-state index contributed by atoms with van der Waals surface area (Å²) in [6.45, 7) is 1.44. The maximum atomic E-state index is 12.8. The van der Waals surface area contributed by atoms with Crippen molar-refractivity contribution in [1.82, 2.24) is 0 Å². The molecule has 3 aromatic rings. The van der Waals surface area contributed by atoms with Gasteiger partial charge in [0, 0.05) is 17.2 Å². The molecule has 0 aliphatic rings. The fourth-order valence-electron chi connectivity index (χ4n) is 2.72. The topological polar surface area (TPSA) is 156 Å². The zero-order valence-electron chi connectivity index (χ0n) is 16.3. The number of nitrogens with one attached hydrogen (secondary N) is 2. The lowest BCUT2D eigenvalue weighted by atomic mass is 10.2. The number of nitrogens with zero attached hydrogens (tertiary/aromatic N) is 1. The van der Waals surface area contributed by atoms with Crippen molar-refractivity contribution in [2.45, 2.75) is 16.7 Å². The first-order valence-electron chi connectivity index (χ1n) is 8.78. The molecule has 0 bridgehead atoms. The number of halogens is 1. The van der Waals surface area contributed by atoms with E-state index < -0.39 is 47.0 Å². The fraction of sp³-hybridized carbons (Fsp3) is 0.0526. The number of anilines is 2. The third-order valence-electron chi connectivity index (χ3n) is 4.27. The van der Waals surface area contributed by atoms with Crippen LogP contribution in [0.2, 0.25) is 5.02 Å². The van der Waals surface area contributed by atoms with Crippen molar-refractivity contribution in [3.63, 3.8) is 0 Å². The van der Waals surface area contributed by atoms with Gasteiger partial charge in [-0.1, -0.05) is 23.7 Å². The molecule has 0 heterocycles. The first-order chi connectivity index (χ1) is 14.9. The predicted molar refractivity (Wildman–Crippen MR) is 119 cm³/mol. The second-order valence-electron chi connectivity index (χ2n) is 6.61. The number of rotatable bonds is 7. The highest BCUT2D eigenvalue weighted by Crippen LogP contribution is 2.31. The van der Waals surface area contributed by atoms with E-state index in [-0.39, 0.29) is 16.1 Å². The van der Waals surface area contributed by atoms with Crippen LogP contribution in [0.25, 0.3) is 0 Å². The van der Waals surface area contributed by atoms with Gasteiger partial charge < -0.3 is 5.11 Å². The standard InChI is InChI=1S/C19H16ClN3O7S2/c1-12-5-6-15(23(25)26)10-19(12)32(29,30)22-17-11-16(7-8-18(17)24)31(27,28)21-14-4-2-3-13(20)9-14/h2-11,21-22,24H,1H3. The van der Waals surface area contributed by atoms with E-state index in [9.17, 15) is 32.1 Å². The molecule has 0 fully saturated rings. The Morgan fingerprint density at radius 3 is 2.31 bits per heavy atom. The normalized spacial score (nSPS) is 11.7. The first kappa shape index (κ1) is 23.3. The van der Waals surface area contributed by atoms with Crippen molar-refractivity contribution in [3.05, 3.63) is 81.4 Å². The largest absolute Gasteiger partial charge is 0.506 e. The van der Waals surface area contributed by atoms with E-state index in [1.54, 1.807) is 6.07 Å². The second kappa shape index (κ2) is 8.65. The summed E-state index contributed by atoms with van der Waals surface area (Å²) in [4.78, 5) is 9.52. The van der Waals surface area contributed by atoms with Crippen LogP contribution in [0.5, 0.6) is 5.75 Å². The van der Waals surface area contributed by atoms with Crippen molar-refractivity contribution in [2.24, 2.45) is 0 Å². The van der Waals surface area contributed by atoms with E-state index >= 15 is 0 Å². The van der Waals surface area contributed by atoms with Gasteiger partial charge in [0.2, 0.25) is 0 Å². The maximum absolute atomic E-state index is 12.8. The summed E-state index contributed by atoms with van der Waals surface area (Å²) in [5.74, 6) is -0.543. The van der Waals surface area contributed by atoms with Crippen molar-refractivity contribution >= 4 is 48.7 Å². The molecule has 32 heavy (non-hydrogen) atoms. The number of hydrogen-bond acceptors (Lipinski definition) is 7. The number of aryl methyl sites for hydroxylation is 1. The molecule has 0 unspecified atom stereocenters. The van der Waals surface area contributed by atoms with Gasteiger partial charge in [-0.05, 0) is 48.9 Å². The van der Waals surface area contributed by atoms with E-state index in [4.69, 9.17) is 11.6 Å². The smallest absolute Gasteiger partial charge is 0.270 e. The number of aromatic hydroxyl groups is 1. The van der Waals surface area contributed by atoms with Gasteiger partial charge in [0.05, 0.1) is 26.1 Å². The molecule has 13 heteroatoms. The minimum Gasteiger partial charge on any atom is -0.506 e. The zero-order valence-corrected chi connectivity index (χ0v) is 18.7. The summed E-state index contributed by atoms with van der Waals surface area (Å²) in [7, 11) is -8.56. The zero-order chi connectivity index (χ0) is 23.7. The molecule has 3 rings (SSSR count). The Kier molecular flexibility index (Phi) is 6.30. The van der Waals surface area contributed by atoms with Crippen LogP contribution in [0, 0.1) is 17.0 Å². The number of phenolic OH excluding ortho intramolecular Hbond substituents is 1. The van der Waals surface area contributed by atoms with Gasteiger partial charge in [-0.25, -0.2) is 16.8 Å². The number of hydrogen-bond donors (Lipinski definition) is 3. The van der Waals surface area contributed by atoms with Crippen molar-refractivity contribution in [2.75, 3.05) is 9.44 Å². The Labute approximate surface area is 188 Å². The van der Waals surface area contributed by atoms with Gasteiger partial charge in [0.15, 0.2) is 0 Å². The van der Waals surface area contributed by atoms with Crippen molar-refractivity contribution in [1.29, 1.82) is 0 Å². The molecule has 10 nitrogen and oxygen atoms in total. The third kappa shape index (κ3) is 5.10. The molecular formula is C19H16ClN3O7S2. The Morgan fingerprint density at radius 2 is 1.66 bits per heavy atom. The van der Waals surface area contributed by atoms with E-state index in [2.05, 4.69) is 9.44 Å². The van der Waals surface area contributed by atoms with Crippen LogP contribution in [0.15, 0.2) is 70.5 Å². The number of phenols is 1. The number of nitro groups is 1. The van der Waals surface area contributed by atoms with E-state index in [1.807, 2.05) is 0 Å². The minimum absolute atomic E-state index is 0.180. The molecule has 3 aromatic carbocycles. The van der Waals surface area contributed by atoms with Crippen LogP contribution < -0.4 is 9.44 Å². The lowest BCUT2D eigenvalue weighted by Gasteiger charge is -2.14. The van der Waals surface area contributed by atoms with E-state index in [0.29, 0.717) is 5.02 Å². The summed E-state index contributed by atoms with van der Waals surface area (Å²) in [6.07, 6.45) is 0. The average Bonchev–Trinajstić information content (AvgIpc) is 2.69. The molecule has 0 aliphatic carbocycles. The Morgan fingerprint density at radius 1 is 0.938 bits per heavy atom. The molecule has 0 saturated carbocycles. The average molecular weight is 498 g/mol. The monoisotopic (exact) mass is 497 g/mol. The van der Waals surface area contributed by atoms with E-state index in [0.717, 1.165) is 30.3 Å². The van der Waals surface area contributed by atoms with Gasteiger partial charge in [-0.2, -0.15) is 0 Å². The molecule has 0 aliphatic heterocycles. The van der Waals surface area contributed by atoms with Crippen LogP contribution in [-0.4, -0.2) is 26.9 Å². The highest BCUT2D eigenvalue weighted by molar-refractivity contribution is 7.93. The highest BCUT2D eigenvalue weighted by atomic mass is 35.5. The molecular weight excluding hydrogens is 482 g/mol. The molecule has 0 radical (unpaired) electrons. The third-order valence-corrected chi connectivity index (χ3v) is 7.39. The van der Waals surface area contributed by atoms with Crippen LogP contribution in [0.3, 0.4) is 0 Å². The summed E-state index contributed by atoms with van der Waals surface area (Å²) < 4.78 is 55.4. The van der Waals surface area contributed by atoms with Crippen molar-refractivity contribution in [3.8, 4) is 5.75 Å². The molecule has 0 aromatic heterocycles. The Bertz CT molecular complexity index is 1420. The number of sulfonamides is 2. The fourth-order valence-corrected chi connectivity index (χ4v) is 5.32. The number of benzene rings is 3. The lowest BCUT2D eigenvalue weighted by molar-refractivity contribution is -0.385. The molecule has 0 spiro atoms. The highest BCUT2D eigenvalue weighted by Gasteiger charge is 2.23. The summed E-state index contributed by atoms with van der Waals surface area (Å²) in [5.41, 5.74) is -0.471. The van der Waals surface area contributed by atoms with E-state index in [1.165, 1.54) is 31.2 Å². The molecule has 0 saturated heterocycles. The van der Waals surface area contributed by atoms with Crippen LogP contribution in [0.1, 0.15) is 5.56 Å². The van der Waals surface area contributed by atoms with Gasteiger partial charge >= 0.3 is 0 Å². The van der Waals surface area contributed by atoms with Crippen molar-refractivity contribution < 1.29 is 26.9 Å². The second-order valence-corrected chi connectivity index (χ2v) is 10.4. The summed E-state index contributed by atoms with van der Waals surface area (Å²) >= 11 is 5.85. The summed E-state index contributed by atoms with van der Waals surface area (Å²) in [6, 6.07) is 12.3. The molecule has 0 amide bonds. The molecule has 0 atom stereocenters. The van der Waals surface area contributed by atoms with Gasteiger partial charge in [-0.15, -0.1) is 0 Å². The maximum Gasteiger partial charge on any atom is 0.270 e. The quantitative estimate of drug-likeness (QED) is 0.254. The predicted octanol–water partition coefficient (Wildman–Crippen LogP) is 3.86. The van der Waals surface area contributed by atoms with Crippen LogP contribution >= 0.6 is 11.6 Å². The SMILES string of the molecule is Cc1ccc([N+](=O)[O-])cc1S(=O)(=O)Nc1cc(S(=O)(=O)Nc2cccc(Cl)c2)ccc1O. The Balaban J connectivity index is 1.97. The van der Waals surface area contributed by atoms with Gasteiger partial charge in [0.1, 0.15) is 5.75 Å². The van der Waals surface area contributed by atoms with Crippen LogP contribution in [-0.2, 0) is 20.0 Å². The van der Waals surface area contributed by atoms with Gasteiger partial charge in [0.25, 0.3) is 25.7 Å². The number of non-ortho nitro benzene ring substituents is 1.